The Balaban J connectivity index is 3.50. The fourth-order valence-electron chi connectivity index (χ4n) is 0.863. The van der Waals surface area contributed by atoms with E-state index >= 15 is 0 Å². The Morgan fingerprint density at radius 2 is 1.77 bits per heavy atom. The molecule has 0 saturated heterocycles. The molecule has 0 radical (unpaired) electrons. The van der Waals surface area contributed by atoms with Crippen LogP contribution >= 0.6 is 0 Å². The van der Waals surface area contributed by atoms with Crippen molar-refractivity contribution >= 4 is 17.3 Å². The third kappa shape index (κ3) is 1.28. The highest BCUT2D eigenvalue weighted by Crippen LogP contribution is 2.37. The molecule has 0 unspecified atom stereocenters. The van der Waals surface area contributed by atoms with Crippen LogP contribution in [-0.2, 0) is 0 Å². The van der Waals surface area contributed by atoms with E-state index in [4.69, 9.17) is 26.8 Å². The van der Waals surface area contributed by atoms with E-state index in [1.165, 1.54) is 0 Å². The fraction of sp³-hybridized carbons (Fsp3) is 0. The highest BCUT2D eigenvalue weighted by atomic mass is 16.4. The molecule has 1 rings (SSSR count). The molecule has 13 heavy (non-hydrogen) atoms. The number of hydrogen-bond donors (Lipinski definition) is 5. The molecule has 7 N–H and O–H groups in total. The van der Waals surface area contributed by atoms with E-state index in [1.54, 1.807) is 0 Å². The van der Waals surface area contributed by atoms with Crippen LogP contribution in [-0.4, -0.2) is 21.3 Å². The lowest BCUT2D eigenvalue weighted by Crippen LogP contribution is -2.04. The average Bonchev–Trinajstić information content (AvgIpc) is 2.07. The maximum Gasteiger partial charge on any atom is 0.338 e. The third-order valence-corrected chi connectivity index (χ3v) is 1.59. The second kappa shape index (κ2) is 2.74. The molecule has 0 aliphatic carbocycles. The van der Waals surface area contributed by atoms with Crippen LogP contribution < -0.4 is 11.5 Å². The van der Waals surface area contributed by atoms with E-state index < -0.39 is 17.5 Å². The van der Waals surface area contributed by atoms with Crippen molar-refractivity contribution in [1.82, 2.24) is 0 Å². The quantitative estimate of drug-likeness (QED) is 0.236. The largest absolute Gasteiger partial charge is 0.506 e. The molecule has 0 aliphatic rings. The molecule has 0 aliphatic heterocycles. The van der Waals surface area contributed by atoms with Crippen LogP contribution in [0.5, 0.6) is 11.5 Å². The summed E-state index contributed by atoms with van der Waals surface area (Å²) in [6, 6.07) is 0.882. The summed E-state index contributed by atoms with van der Waals surface area (Å²) in [5, 5.41) is 26.8. The summed E-state index contributed by atoms with van der Waals surface area (Å²) in [7, 11) is 0. The third-order valence-electron chi connectivity index (χ3n) is 1.59. The van der Waals surface area contributed by atoms with Crippen molar-refractivity contribution in [3.63, 3.8) is 0 Å². The molecule has 6 nitrogen and oxygen atoms in total. The summed E-state index contributed by atoms with van der Waals surface area (Å²) < 4.78 is 0. The van der Waals surface area contributed by atoms with Crippen molar-refractivity contribution in [3.8, 4) is 11.5 Å². The number of anilines is 2. The van der Waals surface area contributed by atoms with Gasteiger partial charge in [0.15, 0.2) is 5.75 Å². The number of aromatic carboxylic acids is 1. The smallest absolute Gasteiger partial charge is 0.338 e. The van der Waals surface area contributed by atoms with Crippen molar-refractivity contribution in [3.05, 3.63) is 11.6 Å². The summed E-state index contributed by atoms with van der Waals surface area (Å²) in [4.78, 5) is 10.5. The second-order valence-corrected chi connectivity index (χ2v) is 2.42. The zero-order valence-corrected chi connectivity index (χ0v) is 6.48. The van der Waals surface area contributed by atoms with Gasteiger partial charge < -0.3 is 26.8 Å². The van der Waals surface area contributed by atoms with E-state index in [-0.39, 0.29) is 16.9 Å². The van der Waals surface area contributed by atoms with E-state index in [9.17, 15) is 4.79 Å². The van der Waals surface area contributed by atoms with Crippen LogP contribution in [0.3, 0.4) is 0 Å². The normalized spacial score (nSPS) is 9.85. The number of carboxylic acid groups (broad SMARTS) is 1. The topological polar surface area (TPSA) is 130 Å². The minimum Gasteiger partial charge on any atom is -0.506 e. The summed E-state index contributed by atoms with van der Waals surface area (Å²) >= 11 is 0. The first-order chi connectivity index (χ1) is 5.95. The summed E-state index contributed by atoms with van der Waals surface area (Å²) in [6.45, 7) is 0. The predicted molar refractivity (Wildman–Crippen MR) is 45.6 cm³/mol. The number of benzene rings is 1. The van der Waals surface area contributed by atoms with Gasteiger partial charge in [0, 0.05) is 0 Å². The van der Waals surface area contributed by atoms with E-state index in [2.05, 4.69) is 0 Å². The minimum absolute atomic E-state index is 0.331. The number of carbonyl (C=O) groups is 1. The Hall–Kier alpha value is -2.11. The number of hydrogen-bond acceptors (Lipinski definition) is 5. The first-order valence-electron chi connectivity index (χ1n) is 3.28. The number of carboxylic acids is 1. The number of phenolic OH excluding ortho intramolecular Hbond substituents is 2. The Morgan fingerprint density at radius 3 is 2.23 bits per heavy atom. The highest BCUT2D eigenvalue weighted by Gasteiger charge is 2.16. The number of rotatable bonds is 1. The van der Waals surface area contributed by atoms with Crippen LogP contribution in [0.15, 0.2) is 6.07 Å². The van der Waals surface area contributed by atoms with Gasteiger partial charge in [-0.25, -0.2) is 4.79 Å². The summed E-state index contributed by atoms with van der Waals surface area (Å²) in [5.41, 5.74) is 9.34. The molecular formula is C7H8N2O4. The zero-order chi connectivity index (χ0) is 10.2. The van der Waals surface area contributed by atoms with Gasteiger partial charge in [0.1, 0.15) is 11.4 Å². The van der Waals surface area contributed by atoms with Gasteiger partial charge in [0.2, 0.25) is 0 Å². The maximum atomic E-state index is 10.5. The first-order valence-corrected chi connectivity index (χ1v) is 3.28. The van der Waals surface area contributed by atoms with Gasteiger partial charge in [-0.05, 0) is 6.07 Å². The second-order valence-electron chi connectivity index (χ2n) is 2.42. The summed E-state index contributed by atoms with van der Waals surface area (Å²) in [6.07, 6.45) is 0. The molecule has 0 bridgehead atoms. The van der Waals surface area contributed by atoms with Crippen LogP contribution in [0.4, 0.5) is 11.4 Å². The minimum atomic E-state index is -1.34. The van der Waals surface area contributed by atoms with Crippen molar-refractivity contribution in [2.45, 2.75) is 0 Å². The molecule has 0 atom stereocenters. The lowest BCUT2D eigenvalue weighted by Gasteiger charge is -2.07. The van der Waals surface area contributed by atoms with E-state index in [0.29, 0.717) is 0 Å². The molecule has 0 amide bonds. The molecule has 1 aromatic rings. The zero-order valence-electron chi connectivity index (χ0n) is 6.48. The lowest BCUT2D eigenvalue weighted by atomic mass is 10.1. The monoisotopic (exact) mass is 184 g/mol. The van der Waals surface area contributed by atoms with Crippen molar-refractivity contribution in [2.75, 3.05) is 11.5 Å². The van der Waals surface area contributed by atoms with Crippen LogP contribution in [0.25, 0.3) is 0 Å². The molecule has 6 heteroatoms. The van der Waals surface area contributed by atoms with E-state index in [1.807, 2.05) is 0 Å². The van der Waals surface area contributed by atoms with Crippen LogP contribution in [0.2, 0.25) is 0 Å². The molecular weight excluding hydrogens is 176 g/mol. The number of aromatic hydroxyl groups is 2. The SMILES string of the molecule is Nc1c(O)cc(C(=O)O)c(N)c1O. The highest BCUT2D eigenvalue weighted by molar-refractivity contribution is 5.98. The van der Waals surface area contributed by atoms with Gasteiger partial charge in [0.05, 0.1) is 11.3 Å². The molecule has 1 aromatic carbocycles. The van der Waals surface area contributed by atoms with Crippen molar-refractivity contribution in [2.24, 2.45) is 0 Å². The van der Waals surface area contributed by atoms with Gasteiger partial charge in [0.25, 0.3) is 0 Å². The average molecular weight is 184 g/mol. The lowest BCUT2D eigenvalue weighted by molar-refractivity contribution is 0.0697. The Labute approximate surface area is 73.0 Å². The van der Waals surface area contributed by atoms with Crippen LogP contribution in [0.1, 0.15) is 10.4 Å². The number of nitrogen functional groups attached to an aromatic ring is 2. The Morgan fingerprint density at radius 1 is 1.23 bits per heavy atom. The fourth-order valence-corrected chi connectivity index (χ4v) is 0.863. The van der Waals surface area contributed by atoms with E-state index in [0.717, 1.165) is 6.07 Å². The first kappa shape index (κ1) is 8.98. The van der Waals surface area contributed by atoms with Crippen LogP contribution in [0, 0.1) is 0 Å². The molecule has 0 saturated carbocycles. The molecule has 70 valence electrons. The Bertz CT molecular complexity index is 375. The number of phenols is 2. The maximum absolute atomic E-state index is 10.5. The molecule has 0 heterocycles. The van der Waals surface area contributed by atoms with Gasteiger partial charge in [-0.3, -0.25) is 0 Å². The summed E-state index contributed by atoms with van der Waals surface area (Å²) in [5.74, 6) is -2.47. The van der Waals surface area contributed by atoms with Gasteiger partial charge in [-0.15, -0.1) is 0 Å². The molecule has 0 aromatic heterocycles. The van der Waals surface area contributed by atoms with Gasteiger partial charge >= 0.3 is 5.97 Å². The van der Waals surface area contributed by atoms with Crippen molar-refractivity contribution in [1.29, 1.82) is 0 Å². The van der Waals surface area contributed by atoms with Crippen molar-refractivity contribution < 1.29 is 20.1 Å². The Kier molecular flexibility index (Phi) is 1.89. The van der Waals surface area contributed by atoms with Gasteiger partial charge in [-0.2, -0.15) is 0 Å². The molecule has 0 spiro atoms. The number of nitrogens with two attached hydrogens (primary N) is 2. The predicted octanol–water partition coefficient (Wildman–Crippen LogP) is -0.0396. The van der Waals surface area contributed by atoms with Gasteiger partial charge in [-0.1, -0.05) is 0 Å². The standard InChI is InChI=1S/C7H8N2O4/c8-4-2(7(12)13)1-3(10)5(9)6(4)11/h1,10-11H,8-9H2,(H,12,13). The molecule has 0 fully saturated rings.